The molecule has 1 aromatic heterocycles. The third kappa shape index (κ3) is 10.7. The second-order valence-electron chi connectivity index (χ2n) is 7.28. The lowest BCUT2D eigenvalue weighted by atomic mass is 10.1. The van der Waals surface area contributed by atoms with Crippen LogP contribution in [-0.4, -0.2) is 59.3 Å². The molecule has 13 heteroatoms. The minimum atomic E-state index is -1.26. The Labute approximate surface area is 205 Å². The molecule has 0 radical (unpaired) electrons. The number of anilines is 1. The quantitative estimate of drug-likeness (QED) is 0.235. The van der Waals surface area contributed by atoms with Crippen molar-refractivity contribution in [3.63, 3.8) is 0 Å². The number of benzene rings is 1. The maximum absolute atomic E-state index is 12.4. The zero-order chi connectivity index (χ0) is 26.5. The standard InChI is InChI=1S/C18H24N4O4S.C4H4O4/c1-10(2)7-15(19)21-17(24)12-9-27-18(20-12)22-16(23)11-5-6-13(25-3)14(8-11)26-4;5-3(6)1-2-4(7)8/h5-6,8-10,15H,7,19H2,1-4H3,(H,21,24)(H,20,22,23);1-2H,(H,5,6)(H,7,8). The number of aliphatic carboxylic acids is 2. The van der Waals surface area contributed by atoms with Gasteiger partial charge < -0.3 is 30.7 Å². The van der Waals surface area contributed by atoms with E-state index < -0.39 is 18.1 Å². The van der Waals surface area contributed by atoms with Gasteiger partial charge in [0.05, 0.1) is 20.4 Å². The summed E-state index contributed by atoms with van der Waals surface area (Å²) < 4.78 is 10.3. The van der Waals surface area contributed by atoms with E-state index in [1.165, 1.54) is 14.2 Å². The van der Waals surface area contributed by atoms with Crippen LogP contribution in [0.4, 0.5) is 5.13 Å². The molecule has 1 unspecified atom stereocenters. The lowest BCUT2D eigenvalue weighted by Crippen LogP contribution is -2.42. The molecule has 2 rings (SSSR count). The van der Waals surface area contributed by atoms with Gasteiger partial charge in [0.25, 0.3) is 11.8 Å². The minimum Gasteiger partial charge on any atom is -0.493 e. The van der Waals surface area contributed by atoms with E-state index in [1.807, 2.05) is 13.8 Å². The van der Waals surface area contributed by atoms with Gasteiger partial charge in [-0.1, -0.05) is 13.8 Å². The van der Waals surface area contributed by atoms with Crippen molar-refractivity contribution in [1.82, 2.24) is 10.3 Å². The minimum absolute atomic E-state index is 0.210. The molecule has 6 N–H and O–H groups in total. The van der Waals surface area contributed by atoms with E-state index in [1.54, 1.807) is 23.6 Å². The van der Waals surface area contributed by atoms with Gasteiger partial charge in [0, 0.05) is 23.1 Å². The van der Waals surface area contributed by atoms with Gasteiger partial charge in [-0.3, -0.25) is 14.9 Å². The molecule has 2 aromatic rings. The zero-order valence-corrected chi connectivity index (χ0v) is 20.4. The number of rotatable bonds is 10. The van der Waals surface area contributed by atoms with Crippen molar-refractivity contribution in [3.05, 3.63) is 47.0 Å². The lowest BCUT2D eigenvalue weighted by molar-refractivity contribution is -0.134. The molecule has 1 atom stereocenters. The van der Waals surface area contributed by atoms with Crippen LogP contribution in [0.3, 0.4) is 0 Å². The zero-order valence-electron chi connectivity index (χ0n) is 19.6. The summed E-state index contributed by atoms with van der Waals surface area (Å²) in [4.78, 5) is 47.8. The predicted octanol–water partition coefficient (Wildman–Crippen LogP) is 2.19. The van der Waals surface area contributed by atoms with E-state index >= 15 is 0 Å². The molecule has 0 saturated heterocycles. The van der Waals surface area contributed by atoms with Gasteiger partial charge in [0.15, 0.2) is 16.6 Å². The number of nitrogens with one attached hydrogen (secondary N) is 2. The average molecular weight is 509 g/mol. The molecule has 0 aliphatic heterocycles. The first kappa shape index (κ1) is 29.1. The molecule has 2 amide bonds. The van der Waals surface area contributed by atoms with Crippen molar-refractivity contribution in [2.45, 2.75) is 26.4 Å². The number of aromatic nitrogens is 1. The van der Waals surface area contributed by atoms with E-state index in [0.29, 0.717) is 46.7 Å². The maximum Gasteiger partial charge on any atom is 0.328 e. The first-order valence-corrected chi connectivity index (χ1v) is 11.0. The van der Waals surface area contributed by atoms with E-state index in [9.17, 15) is 19.2 Å². The van der Waals surface area contributed by atoms with Gasteiger partial charge in [-0.2, -0.15) is 0 Å². The molecule has 0 spiro atoms. The number of carboxylic acids is 2. The fraction of sp³-hybridized carbons (Fsp3) is 0.318. The molecular weight excluding hydrogens is 480 g/mol. The van der Waals surface area contributed by atoms with Crippen LogP contribution in [0.2, 0.25) is 0 Å². The van der Waals surface area contributed by atoms with Gasteiger partial charge in [-0.25, -0.2) is 14.6 Å². The maximum atomic E-state index is 12.4. The second-order valence-corrected chi connectivity index (χ2v) is 8.14. The molecule has 12 nitrogen and oxygen atoms in total. The van der Waals surface area contributed by atoms with Crippen LogP contribution in [0.25, 0.3) is 0 Å². The van der Waals surface area contributed by atoms with Gasteiger partial charge in [0.1, 0.15) is 5.69 Å². The summed E-state index contributed by atoms with van der Waals surface area (Å²) in [6.45, 7) is 4.05. The smallest absolute Gasteiger partial charge is 0.328 e. The number of thiazole rings is 1. The average Bonchev–Trinajstić information content (AvgIpc) is 3.25. The second kappa shape index (κ2) is 14.3. The van der Waals surface area contributed by atoms with Crippen LogP contribution in [0.15, 0.2) is 35.7 Å². The Morgan fingerprint density at radius 2 is 1.66 bits per heavy atom. The Morgan fingerprint density at radius 3 is 2.17 bits per heavy atom. The molecular formula is C22H28N4O8S. The van der Waals surface area contributed by atoms with Crippen molar-refractivity contribution < 1.29 is 38.9 Å². The van der Waals surface area contributed by atoms with Crippen LogP contribution in [-0.2, 0) is 9.59 Å². The van der Waals surface area contributed by atoms with Crippen molar-refractivity contribution in [1.29, 1.82) is 0 Å². The molecule has 0 saturated carbocycles. The van der Waals surface area contributed by atoms with Gasteiger partial charge in [-0.15, -0.1) is 11.3 Å². The largest absolute Gasteiger partial charge is 0.493 e. The van der Waals surface area contributed by atoms with Crippen molar-refractivity contribution in [2.24, 2.45) is 11.7 Å². The first-order valence-electron chi connectivity index (χ1n) is 10.2. The molecule has 0 aliphatic carbocycles. The van der Waals surface area contributed by atoms with Gasteiger partial charge in [0.2, 0.25) is 0 Å². The van der Waals surface area contributed by atoms with Crippen LogP contribution >= 0.6 is 11.3 Å². The summed E-state index contributed by atoms with van der Waals surface area (Å²) in [5.74, 6) is -1.91. The Kier molecular flexibility index (Phi) is 11.9. The summed E-state index contributed by atoms with van der Waals surface area (Å²) in [5, 5.41) is 22.9. The highest BCUT2D eigenvalue weighted by molar-refractivity contribution is 7.14. The van der Waals surface area contributed by atoms with Crippen molar-refractivity contribution in [3.8, 4) is 11.5 Å². The molecule has 35 heavy (non-hydrogen) atoms. The topological polar surface area (TPSA) is 190 Å². The summed E-state index contributed by atoms with van der Waals surface area (Å²) in [7, 11) is 3.02. The third-order valence-corrected chi connectivity index (χ3v) is 4.77. The van der Waals surface area contributed by atoms with E-state index in [4.69, 9.17) is 25.4 Å². The third-order valence-electron chi connectivity index (χ3n) is 4.01. The summed E-state index contributed by atoms with van der Waals surface area (Å²) in [5.41, 5.74) is 6.47. The number of hydrogen-bond acceptors (Lipinski definition) is 9. The number of ether oxygens (including phenoxy) is 2. The molecule has 1 aromatic carbocycles. The van der Waals surface area contributed by atoms with E-state index in [-0.39, 0.29) is 17.5 Å². The van der Waals surface area contributed by atoms with Crippen LogP contribution < -0.4 is 25.8 Å². The normalized spacial score (nSPS) is 11.3. The number of hydrogen-bond donors (Lipinski definition) is 5. The fourth-order valence-electron chi connectivity index (χ4n) is 2.53. The van der Waals surface area contributed by atoms with E-state index in [0.717, 1.165) is 11.3 Å². The van der Waals surface area contributed by atoms with Gasteiger partial charge in [-0.05, 0) is 30.5 Å². The summed E-state index contributed by atoms with van der Waals surface area (Å²) in [6, 6.07) is 4.83. The molecule has 0 fully saturated rings. The number of amides is 2. The molecule has 1 heterocycles. The Bertz CT molecular complexity index is 1050. The number of carbonyl (C=O) groups excluding carboxylic acids is 2. The van der Waals surface area contributed by atoms with Crippen LogP contribution in [0.1, 0.15) is 41.1 Å². The van der Waals surface area contributed by atoms with Crippen molar-refractivity contribution >= 4 is 40.2 Å². The van der Waals surface area contributed by atoms with Gasteiger partial charge >= 0.3 is 11.9 Å². The number of carbonyl (C=O) groups is 4. The predicted molar refractivity (Wildman–Crippen MR) is 129 cm³/mol. The Morgan fingerprint density at radius 1 is 1.06 bits per heavy atom. The number of nitrogens with zero attached hydrogens (tertiary/aromatic N) is 1. The highest BCUT2D eigenvalue weighted by Gasteiger charge is 2.17. The number of methoxy groups -OCH3 is 2. The number of carboxylic acid groups (broad SMARTS) is 2. The van der Waals surface area contributed by atoms with Crippen molar-refractivity contribution in [2.75, 3.05) is 19.5 Å². The highest BCUT2D eigenvalue weighted by Crippen LogP contribution is 2.28. The Balaban J connectivity index is 0.000000658. The first-order chi connectivity index (χ1) is 16.5. The summed E-state index contributed by atoms with van der Waals surface area (Å²) >= 11 is 1.16. The highest BCUT2D eigenvalue weighted by atomic mass is 32.1. The molecule has 190 valence electrons. The number of nitrogens with two attached hydrogens (primary N) is 1. The molecule has 0 bridgehead atoms. The Hall–Kier alpha value is -3.97. The molecule has 0 aliphatic rings. The van der Waals surface area contributed by atoms with Crippen LogP contribution in [0.5, 0.6) is 11.5 Å². The van der Waals surface area contributed by atoms with Crippen LogP contribution in [0, 0.1) is 5.92 Å². The SMILES string of the molecule is COc1ccc(C(=O)Nc2nc(C(=O)NC(N)CC(C)C)cs2)cc1OC.O=C(O)C=CC(=O)O. The van der Waals surface area contributed by atoms with E-state index in [2.05, 4.69) is 15.6 Å². The lowest BCUT2D eigenvalue weighted by Gasteiger charge is -2.14. The summed E-state index contributed by atoms with van der Waals surface area (Å²) in [6.07, 6.45) is 1.34. The fourth-order valence-corrected chi connectivity index (χ4v) is 3.22. The monoisotopic (exact) mass is 508 g/mol.